The van der Waals surface area contributed by atoms with Crippen molar-refractivity contribution in [1.29, 1.82) is 0 Å². The quantitative estimate of drug-likeness (QED) is 0.721. The van der Waals surface area contributed by atoms with E-state index in [4.69, 9.17) is 16.3 Å². The summed E-state index contributed by atoms with van der Waals surface area (Å²) in [5.41, 5.74) is 3.78. The van der Waals surface area contributed by atoms with E-state index in [0.717, 1.165) is 5.56 Å². The summed E-state index contributed by atoms with van der Waals surface area (Å²) in [6.45, 7) is 6.66. The van der Waals surface area contributed by atoms with Crippen molar-refractivity contribution >= 4 is 11.6 Å². The molecule has 19 heavy (non-hydrogen) atoms. The Labute approximate surface area is 120 Å². The summed E-state index contributed by atoms with van der Waals surface area (Å²) < 4.78 is 5.30. The van der Waals surface area contributed by atoms with Crippen LogP contribution >= 0.6 is 11.6 Å². The van der Waals surface area contributed by atoms with Gasteiger partial charge in [-0.3, -0.25) is 0 Å². The molecule has 0 bridgehead atoms. The third-order valence-corrected chi connectivity index (χ3v) is 3.51. The van der Waals surface area contributed by atoms with Crippen molar-refractivity contribution in [1.82, 2.24) is 0 Å². The van der Waals surface area contributed by atoms with Crippen LogP contribution in [0, 0.1) is 0 Å². The third-order valence-electron chi connectivity index (χ3n) is 3.20. The van der Waals surface area contributed by atoms with Crippen LogP contribution in [0.2, 0.25) is 5.02 Å². The van der Waals surface area contributed by atoms with E-state index in [1.54, 1.807) is 7.11 Å². The van der Waals surface area contributed by atoms with Gasteiger partial charge in [-0.25, -0.2) is 0 Å². The SMILES string of the molecule is COc1cc(-c2ccccc2C(C)(C)C)ccc1Cl. The van der Waals surface area contributed by atoms with Gasteiger partial charge < -0.3 is 4.74 Å². The lowest BCUT2D eigenvalue weighted by atomic mass is 9.82. The van der Waals surface area contributed by atoms with E-state index in [2.05, 4.69) is 45.0 Å². The summed E-state index contributed by atoms with van der Waals surface area (Å²) in [7, 11) is 1.64. The van der Waals surface area contributed by atoms with Gasteiger partial charge in [-0.2, -0.15) is 0 Å². The minimum absolute atomic E-state index is 0.101. The van der Waals surface area contributed by atoms with Gasteiger partial charge in [-0.15, -0.1) is 0 Å². The highest BCUT2D eigenvalue weighted by atomic mass is 35.5. The lowest BCUT2D eigenvalue weighted by Gasteiger charge is -2.23. The second kappa shape index (κ2) is 5.26. The highest BCUT2D eigenvalue weighted by Crippen LogP contribution is 2.36. The van der Waals surface area contributed by atoms with Crippen LogP contribution in [-0.2, 0) is 5.41 Å². The van der Waals surface area contributed by atoms with Gasteiger partial charge in [0.2, 0.25) is 0 Å². The van der Waals surface area contributed by atoms with E-state index >= 15 is 0 Å². The second-order valence-electron chi connectivity index (χ2n) is 5.64. The van der Waals surface area contributed by atoms with Crippen LogP contribution in [0.1, 0.15) is 26.3 Å². The first-order chi connectivity index (χ1) is 8.93. The van der Waals surface area contributed by atoms with Crippen LogP contribution in [0.3, 0.4) is 0 Å². The molecule has 0 spiro atoms. The fourth-order valence-electron chi connectivity index (χ4n) is 2.22. The number of hydrogen-bond acceptors (Lipinski definition) is 1. The second-order valence-corrected chi connectivity index (χ2v) is 6.05. The van der Waals surface area contributed by atoms with Gasteiger partial charge in [0.1, 0.15) is 5.75 Å². The number of benzene rings is 2. The Morgan fingerprint density at radius 3 is 2.32 bits per heavy atom. The molecule has 0 aliphatic rings. The van der Waals surface area contributed by atoms with Gasteiger partial charge in [0.25, 0.3) is 0 Å². The number of methoxy groups -OCH3 is 1. The Kier molecular flexibility index (Phi) is 3.86. The first kappa shape index (κ1) is 14.0. The van der Waals surface area contributed by atoms with Crippen LogP contribution in [0.4, 0.5) is 0 Å². The molecule has 0 radical (unpaired) electrons. The van der Waals surface area contributed by atoms with Crippen molar-refractivity contribution in [2.24, 2.45) is 0 Å². The fourth-order valence-corrected chi connectivity index (χ4v) is 2.41. The first-order valence-electron chi connectivity index (χ1n) is 6.37. The molecule has 1 nitrogen and oxygen atoms in total. The summed E-state index contributed by atoms with van der Waals surface area (Å²) in [5.74, 6) is 0.711. The zero-order chi connectivity index (χ0) is 14.0. The molecule has 0 N–H and O–H groups in total. The van der Waals surface area contributed by atoms with Crippen molar-refractivity contribution in [2.75, 3.05) is 7.11 Å². The molecule has 0 heterocycles. The predicted octanol–water partition coefficient (Wildman–Crippen LogP) is 5.31. The minimum atomic E-state index is 0.101. The van der Waals surface area contributed by atoms with E-state index in [1.165, 1.54) is 11.1 Å². The lowest BCUT2D eigenvalue weighted by molar-refractivity contribution is 0.415. The molecule has 0 saturated carbocycles. The van der Waals surface area contributed by atoms with Gasteiger partial charge in [0.15, 0.2) is 0 Å². The number of halogens is 1. The van der Waals surface area contributed by atoms with Crippen LogP contribution in [-0.4, -0.2) is 7.11 Å². The van der Waals surface area contributed by atoms with Gasteiger partial charge in [0.05, 0.1) is 12.1 Å². The molecule has 0 fully saturated rings. The smallest absolute Gasteiger partial charge is 0.138 e. The van der Waals surface area contributed by atoms with Crippen LogP contribution in [0.25, 0.3) is 11.1 Å². The molecule has 0 aliphatic heterocycles. The highest BCUT2D eigenvalue weighted by Gasteiger charge is 2.18. The summed E-state index contributed by atoms with van der Waals surface area (Å²) in [6.07, 6.45) is 0. The monoisotopic (exact) mass is 274 g/mol. The molecule has 100 valence electrons. The normalized spacial score (nSPS) is 11.4. The van der Waals surface area contributed by atoms with E-state index in [1.807, 2.05) is 18.2 Å². The molecule has 0 saturated heterocycles. The largest absolute Gasteiger partial charge is 0.495 e. The molecular weight excluding hydrogens is 256 g/mol. The predicted molar refractivity (Wildman–Crippen MR) is 82.1 cm³/mol. The molecule has 0 aliphatic carbocycles. The average molecular weight is 275 g/mol. The summed E-state index contributed by atoms with van der Waals surface area (Å²) in [4.78, 5) is 0. The van der Waals surface area contributed by atoms with Crippen molar-refractivity contribution in [3.63, 3.8) is 0 Å². The molecule has 0 aromatic heterocycles. The van der Waals surface area contributed by atoms with Crippen molar-refractivity contribution in [2.45, 2.75) is 26.2 Å². The molecule has 0 amide bonds. The summed E-state index contributed by atoms with van der Waals surface area (Å²) in [5, 5.41) is 0.638. The van der Waals surface area contributed by atoms with Crippen LogP contribution < -0.4 is 4.74 Å². The Bertz CT molecular complexity index is 582. The molecule has 0 atom stereocenters. The van der Waals surface area contributed by atoms with Gasteiger partial charge in [-0.05, 0) is 34.2 Å². The van der Waals surface area contributed by atoms with E-state index in [-0.39, 0.29) is 5.41 Å². The van der Waals surface area contributed by atoms with Crippen LogP contribution in [0.15, 0.2) is 42.5 Å². The maximum atomic E-state index is 6.09. The van der Waals surface area contributed by atoms with Gasteiger partial charge in [0, 0.05) is 0 Å². The van der Waals surface area contributed by atoms with E-state index < -0.39 is 0 Å². The third kappa shape index (κ3) is 2.93. The van der Waals surface area contributed by atoms with Crippen molar-refractivity contribution < 1.29 is 4.74 Å². The van der Waals surface area contributed by atoms with Gasteiger partial charge >= 0.3 is 0 Å². The first-order valence-corrected chi connectivity index (χ1v) is 6.74. The molecule has 2 rings (SSSR count). The van der Waals surface area contributed by atoms with E-state index in [0.29, 0.717) is 10.8 Å². The van der Waals surface area contributed by atoms with Gasteiger partial charge in [-0.1, -0.05) is 62.7 Å². The Morgan fingerprint density at radius 1 is 1.00 bits per heavy atom. The number of rotatable bonds is 2. The number of hydrogen-bond donors (Lipinski definition) is 0. The molecule has 0 unspecified atom stereocenters. The van der Waals surface area contributed by atoms with Crippen LogP contribution in [0.5, 0.6) is 5.75 Å². The molecule has 2 heteroatoms. The van der Waals surface area contributed by atoms with E-state index in [9.17, 15) is 0 Å². The van der Waals surface area contributed by atoms with Crippen molar-refractivity contribution in [3.8, 4) is 16.9 Å². The average Bonchev–Trinajstić information content (AvgIpc) is 2.38. The lowest BCUT2D eigenvalue weighted by Crippen LogP contribution is -2.12. The van der Waals surface area contributed by atoms with Crippen molar-refractivity contribution in [3.05, 3.63) is 53.1 Å². The Hall–Kier alpha value is -1.47. The molecule has 2 aromatic carbocycles. The summed E-state index contributed by atoms with van der Waals surface area (Å²) in [6, 6.07) is 14.4. The Balaban J connectivity index is 2.59. The topological polar surface area (TPSA) is 9.23 Å². The molecular formula is C17H19ClO. The number of ether oxygens (including phenoxy) is 1. The summed E-state index contributed by atoms with van der Waals surface area (Å²) >= 11 is 6.09. The highest BCUT2D eigenvalue weighted by molar-refractivity contribution is 6.32. The Morgan fingerprint density at radius 2 is 1.68 bits per heavy atom. The maximum Gasteiger partial charge on any atom is 0.138 e. The zero-order valence-electron chi connectivity index (χ0n) is 11.8. The minimum Gasteiger partial charge on any atom is -0.495 e. The fraction of sp³-hybridized carbons (Fsp3) is 0.294. The molecule has 2 aromatic rings. The standard InChI is InChI=1S/C17H19ClO/c1-17(2,3)14-8-6-5-7-13(14)12-9-10-15(18)16(11-12)19-4/h5-11H,1-4H3. The zero-order valence-corrected chi connectivity index (χ0v) is 12.6. The maximum absolute atomic E-state index is 6.09.